The highest BCUT2D eigenvalue weighted by Gasteiger charge is 2.22. The molecule has 0 aromatic heterocycles. The maximum atomic E-state index is 2.46. The second-order valence-corrected chi connectivity index (χ2v) is 6.43. The topological polar surface area (TPSA) is 6.48 Å². The van der Waals surface area contributed by atoms with Crippen LogP contribution in [0.2, 0.25) is 0 Å². The van der Waals surface area contributed by atoms with Gasteiger partial charge in [-0.3, -0.25) is 0 Å². The molecule has 0 spiro atoms. The Kier molecular flexibility index (Phi) is 5.57. The van der Waals surface area contributed by atoms with E-state index in [1.54, 1.807) is 0 Å². The van der Waals surface area contributed by atoms with Gasteiger partial charge in [-0.15, -0.1) is 12.4 Å². The number of fused-ring (bicyclic) bond motifs is 2. The minimum Gasteiger partial charge on any atom is -0.340 e. The number of hydrogen-bond acceptors (Lipinski definition) is 3. The maximum Gasteiger partial charge on any atom is 0.0552 e. The zero-order chi connectivity index (χ0) is 13.9. The van der Waals surface area contributed by atoms with Gasteiger partial charge >= 0.3 is 0 Å². The van der Waals surface area contributed by atoms with E-state index in [2.05, 4.69) is 72.4 Å². The lowest BCUT2D eigenvalue weighted by Gasteiger charge is -2.33. The second-order valence-electron chi connectivity index (χ2n) is 5.35. The maximum absolute atomic E-state index is 2.46. The van der Waals surface area contributed by atoms with E-state index in [0.29, 0.717) is 0 Å². The predicted octanol–water partition coefficient (Wildman–Crippen LogP) is 4.66. The van der Waals surface area contributed by atoms with E-state index < -0.39 is 0 Å². The van der Waals surface area contributed by atoms with E-state index in [4.69, 9.17) is 0 Å². The summed E-state index contributed by atoms with van der Waals surface area (Å²) < 4.78 is 0. The van der Waals surface area contributed by atoms with Crippen LogP contribution >= 0.6 is 24.2 Å². The minimum atomic E-state index is 0. The number of halogens is 1. The van der Waals surface area contributed by atoms with Gasteiger partial charge in [-0.05, 0) is 51.3 Å². The van der Waals surface area contributed by atoms with Crippen LogP contribution in [-0.4, -0.2) is 32.1 Å². The van der Waals surface area contributed by atoms with E-state index in [-0.39, 0.29) is 12.4 Å². The Morgan fingerprint density at radius 1 is 0.905 bits per heavy atom. The van der Waals surface area contributed by atoms with Crippen LogP contribution < -0.4 is 4.90 Å². The molecule has 112 valence electrons. The highest BCUT2D eigenvalue weighted by molar-refractivity contribution is 7.99. The molecule has 1 aliphatic rings. The fraction of sp³-hybridized carbons (Fsp3) is 0.294. The average Bonchev–Trinajstić information content (AvgIpc) is 2.46. The van der Waals surface area contributed by atoms with Crippen LogP contribution in [0.1, 0.15) is 6.42 Å². The summed E-state index contributed by atoms with van der Waals surface area (Å²) in [5.74, 6) is 0. The summed E-state index contributed by atoms with van der Waals surface area (Å²) >= 11 is 1.87. The van der Waals surface area contributed by atoms with Crippen molar-refractivity contribution in [3.63, 3.8) is 0 Å². The average molecular weight is 321 g/mol. The summed E-state index contributed by atoms with van der Waals surface area (Å²) in [4.78, 5) is 7.42. The predicted molar refractivity (Wildman–Crippen MR) is 94.4 cm³/mol. The van der Waals surface area contributed by atoms with Crippen molar-refractivity contribution in [3.8, 4) is 0 Å². The molecule has 0 radical (unpaired) electrons. The molecule has 1 aliphatic heterocycles. The summed E-state index contributed by atoms with van der Waals surface area (Å²) in [5.41, 5.74) is 2.69. The molecule has 0 N–H and O–H groups in total. The molecule has 0 unspecified atom stereocenters. The van der Waals surface area contributed by atoms with Crippen molar-refractivity contribution in [3.05, 3.63) is 48.5 Å². The SMILES string of the molecule is CN(C)CCCN1c2ccccc2Sc2ccccc21.Cl. The number of hydrogen-bond donors (Lipinski definition) is 0. The van der Waals surface area contributed by atoms with Crippen LogP contribution in [-0.2, 0) is 0 Å². The molecule has 0 atom stereocenters. The summed E-state index contributed by atoms with van der Waals surface area (Å²) in [6, 6.07) is 17.4. The molecule has 0 amide bonds. The van der Waals surface area contributed by atoms with Crippen LogP contribution in [0.5, 0.6) is 0 Å². The summed E-state index contributed by atoms with van der Waals surface area (Å²) in [5, 5.41) is 0. The molecular formula is C17H21ClN2S. The summed E-state index contributed by atoms with van der Waals surface area (Å²) in [7, 11) is 4.27. The highest BCUT2D eigenvalue weighted by atomic mass is 35.5. The molecule has 0 fully saturated rings. The van der Waals surface area contributed by atoms with Gasteiger partial charge in [0.15, 0.2) is 0 Å². The Labute approximate surface area is 137 Å². The molecule has 0 aliphatic carbocycles. The molecule has 2 aromatic carbocycles. The van der Waals surface area contributed by atoms with Crippen molar-refractivity contribution in [1.29, 1.82) is 0 Å². The van der Waals surface area contributed by atoms with Gasteiger partial charge in [0.2, 0.25) is 0 Å². The lowest BCUT2D eigenvalue weighted by Crippen LogP contribution is -2.25. The van der Waals surface area contributed by atoms with Gasteiger partial charge in [0.05, 0.1) is 11.4 Å². The van der Waals surface area contributed by atoms with Gasteiger partial charge in [0.1, 0.15) is 0 Å². The highest BCUT2D eigenvalue weighted by Crippen LogP contribution is 2.47. The van der Waals surface area contributed by atoms with Gasteiger partial charge in [-0.1, -0.05) is 36.0 Å². The zero-order valence-corrected chi connectivity index (χ0v) is 14.1. The van der Waals surface area contributed by atoms with E-state index in [1.807, 2.05) is 11.8 Å². The second kappa shape index (κ2) is 7.21. The van der Waals surface area contributed by atoms with Crippen LogP contribution in [0.25, 0.3) is 0 Å². The number of nitrogens with zero attached hydrogens (tertiary/aromatic N) is 2. The third-order valence-corrected chi connectivity index (χ3v) is 4.65. The summed E-state index contributed by atoms with van der Waals surface area (Å²) in [6.45, 7) is 2.18. The number of benzene rings is 2. The van der Waals surface area contributed by atoms with Gasteiger partial charge < -0.3 is 9.80 Å². The molecular weight excluding hydrogens is 300 g/mol. The van der Waals surface area contributed by atoms with Crippen LogP contribution in [0.4, 0.5) is 11.4 Å². The smallest absolute Gasteiger partial charge is 0.0552 e. The lowest BCUT2D eigenvalue weighted by atomic mass is 10.2. The molecule has 2 aromatic rings. The largest absolute Gasteiger partial charge is 0.340 e. The van der Waals surface area contributed by atoms with Crippen molar-refractivity contribution < 1.29 is 0 Å². The van der Waals surface area contributed by atoms with E-state index in [9.17, 15) is 0 Å². The third-order valence-electron chi connectivity index (χ3n) is 3.52. The van der Waals surface area contributed by atoms with Crippen molar-refractivity contribution >= 4 is 35.5 Å². The molecule has 0 saturated heterocycles. The van der Waals surface area contributed by atoms with E-state index in [1.165, 1.54) is 27.6 Å². The molecule has 0 bridgehead atoms. The van der Waals surface area contributed by atoms with Gasteiger partial charge in [0.25, 0.3) is 0 Å². The van der Waals surface area contributed by atoms with Crippen molar-refractivity contribution in [2.45, 2.75) is 16.2 Å². The number of para-hydroxylation sites is 2. The van der Waals surface area contributed by atoms with Crippen LogP contribution in [0.15, 0.2) is 58.3 Å². The van der Waals surface area contributed by atoms with Gasteiger partial charge in [-0.2, -0.15) is 0 Å². The van der Waals surface area contributed by atoms with Crippen LogP contribution in [0, 0.1) is 0 Å². The Balaban J connectivity index is 0.00000161. The lowest BCUT2D eigenvalue weighted by molar-refractivity contribution is 0.402. The molecule has 1 heterocycles. The van der Waals surface area contributed by atoms with Gasteiger partial charge in [0, 0.05) is 16.3 Å². The first-order chi connectivity index (χ1) is 9.75. The quantitative estimate of drug-likeness (QED) is 0.808. The molecule has 21 heavy (non-hydrogen) atoms. The Bertz CT molecular complexity index is 555. The monoisotopic (exact) mass is 320 g/mol. The van der Waals surface area contributed by atoms with Crippen molar-refractivity contribution in [2.75, 3.05) is 32.1 Å². The van der Waals surface area contributed by atoms with E-state index >= 15 is 0 Å². The zero-order valence-electron chi connectivity index (χ0n) is 12.5. The molecule has 4 heteroatoms. The fourth-order valence-electron chi connectivity index (χ4n) is 2.57. The first-order valence-corrected chi connectivity index (χ1v) is 7.85. The fourth-order valence-corrected chi connectivity index (χ4v) is 3.66. The van der Waals surface area contributed by atoms with Crippen molar-refractivity contribution in [1.82, 2.24) is 4.90 Å². The van der Waals surface area contributed by atoms with E-state index in [0.717, 1.165) is 13.1 Å². The minimum absolute atomic E-state index is 0. The first-order valence-electron chi connectivity index (χ1n) is 7.04. The number of anilines is 2. The number of rotatable bonds is 4. The van der Waals surface area contributed by atoms with Gasteiger partial charge in [-0.25, -0.2) is 0 Å². The summed E-state index contributed by atoms with van der Waals surface area (Å²) in [6.07, 6.45) is 1.17. The normalized spacial score (nSPS) is 12.6. The third kappa shape index (κ3) is 3.54. The Morgan fingerprint density at radius 2 is 1.43 bits per heavy atom. The van der Waals surface area contributed by atoms with Crippen LogP contribution in [0.3, 0.4) is 0 Å². The molecule has 2 nitrogen and oxygen atoms in total. The van der Waals surface area contributed by atoms with Crippen molar-refractivity contribution in [2.24, 2.45) is 0 Å². The first kappa shape index (κ1) is 16.2. The standard InChI is InChI=1S/C17H20N2S.ClH/c1-18(2)12-7-13-19-14-8-3-5-10-16(14)20-17-11-6-4-9-15(17)19;/h3-6,8-11H,7,12-13H2,1-2H3;1H. The molecule has 3 rings (SSSR count). The Morgan fingerprint density at radius 3 is 1.95 bits per heavy atom. The molecule has 0 saturated carbocycles. The Hall–Kier alpha value is -1.16.